The van der Waals surface area contributed by atoms with Crippen LogP contribution in [-0.2, 0) is 16.6 Å². The second-order valence-electron chi connectivity index (χ2n) is 5.54. The molecule has 0 aliphatic carbocycles. The summed E-state index contributed by atoms with van der Waals surface area (Å²) < 4.78 is 25.0. The summed E-state index contributed by atoms with van der Waals surface area (Å²) in [4.78, 5) is 0. The summed E-state index contributed by atoms with van der Waals surface area (Å²) >= 11 is 0. The van der Waals surface area contributed by atoms with Gasteiger partial charge < -0.3 is 16.3 Å². The van der Waals surface area contributed by atoms with Crippen LogP contribution in [0.4, 0.5) is 0 Å². The SMILES string of the molecule is CC(C)(CNCc1ccc(C(N)=NO)cc1)NS(C)(=O)=O. The summed E-state index contributed by atoms with van der Waals surface area (Å²) in [5.74, 6) is 0.0630. The maximum absolute atomic E-state index is 11.2. The second-order valence-corrected chi connectivity index (χ2v) is 7.29. The summed E-state index contributed by atoms with van der Waals surface area (Å²) in [6, 6.07) is 7.23. The Morgan fingerprint density at radius 3 is 2.38 bits per heavy atom. The van der Waals surface area contributed by atoms with Crippen LogP contribution in [-0.4, -0.2) is 37.8 Å². The lowest BCUT2D eigenvalue weighted by Gasteiger charge is -2.25. The van der Waals surface area contributed by atoms with Crippen molar-refractivity contribution in [3.63, 3.8) is 0 Å². The fourth-order valence-corrected chi connectivity index (χ4v) is 2.98. The minimum atomic E-state index is -3.24. The van der Waals surface area contributed by atoms with Crippen LogP contribution in [0.3, 0.4) is 0 Å². The van der Waals surface area contributed by atoms with Crippen molar-refractivity contribution >= 4 is 15.9 Å². The van der Waals surface area contributed by atoms with Gasteiger partial charge in [-0.1, -0.05) is 29.4 Å². The van der Waals surface area contributed by atoms with Crippen molar-refractivity contribution in [1.29, 1.82) is 0 Å². The van der Waals surface area contributed by atoms with E-state index in [9.17, 15) is 8.42 Å². The van der Waals surface area contributed by atoms with Gasteiger partial charge in [-0.3, -0.25) is 0 Å². The zero-order chi connectivity index (χ0) is 16.1. The molecule has 0 spiro atoms. The highest BCUT2D eigenvalue weighted by molar-refractivity contribution is 7.88. The smallest absolute Gasteiger partial charge is 0.209 e. The van der Waals surface area contributed by atoms with Crippen LogP contribution in [0, 0.1) is 0 Å². The van der Waals surface area contributed by atoms with Crippen LogP contribution in [0.5, 0.6) is 0 Å². The Morgan fingerprint density at radius 2 is 1.90 bits per heavy atom. The largest absolute Gasteiger partial charge is 0.409 e. The average molecular weight is 314 g/mol. The Labute approximate surface area is 125 Å². The zero-order valence-electron chi connectivity index (χ0n) is 12.4. The summed E-state index contributed by atoms with van der Waals surface area (Å²) in [6.45, 7) is 4.69. The van der Waals surface area contributed by atoms with E-state index in [-0.39, 0.29) is 5.84 Å². The molecule has 0 heterocycles. The number of amidine groups is 1. The van der Waals surface area contributed by atoms with Gasteiger partial charge >= 0.3 is 0 Å². The van der Waals surface area contributed by atoms with E-state index in [1.54, 1.807) is 12.1 Å². The van der Waals surface area contributed by atoms with Crippen molar-refractivity contribution in [3.05, 3.63) is 35.4 Å². The molecule has 0 aliphatic rings. The second kappa shape index (κ2) is 6.88. The molecule has 0 bridgehead atoms. The van der Waals surface area contributed by atoms with Crippen molar-refractivity contribution in [2.24, 2.45) is 10.9 Å². The highest BCUT2D eigenvalue weighted by Crippen LogP contribution is 2.06. The number of benzene rings is 1. The van der Waals surface area contributed by atoms with Gasteiger partial charge in [-0.15, -0.1) is 0 Å². The molecule has 0 fully saturated rings. The molecular weight excluding hydrogens is 292 g/mol. The third-order valence-corrected chi connectivity index (χ3v) is 3.64. The van der Waals surface area contributed by atoms with Crippen LogP contribution in [0.2, 0.25) is 0 Å². The van der Waals surface area contributed by atoms with Gasteiger partial charge in [0.15, 0.2) is 5.84 Å². The number of sulfonamides is 1. The first-order valence-electron chi connectivity index (χ1n) is 6.39. The Morgan fingerprint density at radius 1 is 1.33 bits per heavy atom. The fraction of sp³-hybridized carbons (Fsp3) is 0.462. The molecule has 0 saturated heterocycles. The molecule has 118 valence electrons. The molecule has 1 aromatic rings. The minimum absolute atomic E-state index is 0.0630. The van der Waals surface area contributed by atoms with Crippen LogP contribution >= 0.6 is 0 Å². The highest BCUT2D eigenvalue weighted by atomic mass is 32.2. The fourth-order valence-electron chi connectivity index (χ4n) is 1.91. The van der Waals surface area contributed by atoms with Gasteiger partial charge in [0.1, 0.15) is 0 Å². The van der Waals surface area contributed by atoms with Crippen LogP contribution in [0.1, 0.15) is 25.0 Å². The minimum Gasteiger partial charge on any atom is -0.409 e. The first-order chi connectivity index (χ1) is 9.63. The molecule has 1 aromatic carbocycles. The van der Waals surface area contributed by atoms with Crippen molar-refractivity contribution in [3.8, 4) is 0 Å². The van der Waals surface area contributed by atoms with E-state index in [1.165, 1.54) is 0 Å². The molecular formula is C13H22N4O3S. The Balaban J connectivity index is 2.53. The van der Waals surface area contributed by atoms with Crippen LogP contribution < -0.4 is 15.8 Å². The third kappa shape index (κ3) is 6.56. The zero-order valence-corrected chi connectivity index (χ0v) is 13.2. The quantitative estimate of drug-likeness (QED) is 0.248. The molecule has 0 aromatic heterocycles. The lowest BCUT2D eigenvalue weighted by atomic mass is 10.1. The topological polar surface area (TPSA) is 117 Å². The molecule has 8 heteroatoms. The lowest BCUT2D eigenvalue weighted by molar-refractivity contribution is 0.318. The molecule has 5 N–H and O–H groups in total. The third-order valence-electron chi connectivity index (χ3n) is 2.72. The van der Waals surface area contributed by atoms with Crippen molar-refractivity contribution < 1.29 is 13.6 Å². The molecule has 21 heavy (non-hydrogen) atoms. The summed E-state index contributed by atoms with van der Waals surface area (Å²) in [7, 11) is -3.24. The van der Waals surface area contributed by atoms with Crippen molar-refractivity contribution in [2.75, 3.05) is 12.8 Å². The Hall–Kier alpha value is -1.64. The average Bonchev–Trinajstić information content (AvgIpc) is 2.35. The number of hydrogen-bond donors (Lipinski definition) is 4. The van der Waals surface area contributed by atoms with Gasteiger partial charge in [0.05, 0.1) is 6.26 Å². The summed E-state index contributed by atoms with van der Waals surface area (Å²) in [5, 5.41) is 14.7. The van der Waals surface area contributed by atoms with Gasteiger partial charge in [0.2, 0.25) is 10.0 Å². The predicted octanol–water partition coefficient (Wildman–Crippen LogP) is 0.199. The predicted molar refractivity (Wildman–Crippen MR) is 82.7 cm³/mol. The molecule has 1 rings (SSSR count). The maximum atomic E-state index is 11.2. The van der Waals surface area contributed by atoms with Gasteiger partial charge in [-0.2, -0.15) is 0 Å². The summed E-state index contributed by atoms with van der Waals surface area (Å²) in [6.07, 6.45) is 1.14. The number of hydrogen-bond acceptors (Lipinski definition) is 5. The number of nitrogens with two attached hydrogens (primary N) is 1. The summed E-state index contributed by atoms with van der Waals surface area (Å²) in [5.41, 5.74) is 6.56. The first kappa shape index (κ1) is 17.4. The van der Waals surface area contributed by atoms with Crippen molar-refractivity contribution in [1.82, 2.24) is 10.0 Å². The van der Waals surface area contributed by atoms with E-state index in [4.69, 9.17) is 10.9 Å². The molecule has 0 unspecified atom stereocenters. The normalized spacial score (nSPS) is 13.4. The Bertz CT molecular complexity index is 594. The van der Waals surface area contributed by atoms with Crippen molar-refractivity contribution in [2.45, 2.75) is 25.9 Å². The van der Waals surface area contributed by atoms with Crippen LogP contribution in [0.15, 0.2) is 29.4 Å². The molecule has 0 radical (unpaired) electrons. The lowest BCUT2D eigenvalue weighted by Crippen LogP contribution is -2.49. The van der Waals surface area contributed by atoms with E-state index in [2.05, 4.69) is 15.2 Å². The van der Waals surface area contributed by atoms with Gasteiger partial charge in [0.25, 0.3) is 0 Å². The van der Waals surface area contributed by atoms with Gasteiger partial charge in [0, 0.05) is 24.2 Å². The van der Waals surface area contributed by atoms with E-state index in [1.807, 2.05) is 26.0 Å². The monoisotopic (exact) mass is 314 g/mol. The van der Waals surface area contributed by atoms with E-state index in [0.717, 1.165) is 11.8 Å². The molecule has 0 amide bonds. The van der Waals surface area contributed by atoms with E-state index in [0.29, 0.717) is 18.7 Å². The molecule has 0 aliphatic heterocycles. The highest BCUT2D eigenvalue weighted by Gasteiger charge is 2.21. The standard InChI is InChI=1S/C13H22N4O3S/c1-13(2,17-21(3,19)20)9-15-8-10-4-6-11(7-5-10)12(14)16-18/h4-7,15,17-18H,8-9H2,1-3H3,(H2,14,16). The van der Waals surface area contributed by atoms with E-state index >= 15 is 0 Å². The molecule has 0 atom stereocenters. The number of nitrogens with one attached hydrogen (secondary N) is 2. The molecule has 7 nitrogen and oxygen atoms in total. The Kier molecular flexibility index (Phi) is 5.70. The number of nitrogens with zero attached hydrogens (tertiary/aromatic N) is 1. The van der Waals surface area contributed by atoms with Crippen LogP contribution in [0.25, 0.3) is 0 Å². The number of oxime groups is 1. The van der Waals surface area contributed by atoms with Gasteiger partial charge in [-0.05, 0) is 19.4 Å². The molecule has 0 saturated carbocycles. The van der Waals surface area contributed by atoms with Gasteiger partial charge in [-0.25, -0.2) is 13.1 Å². The maximum Gasteiger partial charge on any atom is 0.209 e. The van der Waals surface area contributed by atoms with E-state index < -0.39 is 15.6 Å². The first-order valence-corrected chi connectivity index (χ1v) is 8.28. The number of rotatable bonds is 7.